The molecule has 110 valence electrons. The summed E-state index contributed by atoms with van der Waals surface area (Å²) in [5.41, 5.74) is -0.0475. The molecule has 0 fully saturated rings. The SMILES string of the molecule is O=C(O)c1cn(Cc2ccccc2)c2c(F)cccc2c1=O. The minimum atomic E-state index is -1.32. The molecule has 0 spiro atoms. The van der Waals surface area contributed by atoms with Crippen LogP contribution in [-0.2, 0) is 6.54 Å². The fourth-order valence-corrected chi connectivity index (χ4v) is 2.47. The summed E-state index contributed by atoms with van der Waals surface area (Å²) in [5.74, 6) is -1.87. The lowest BCUT2D eigenvalue weighted by atomic mass is 10.1. The van der Waals surface area contributed by atoms with Crippen LogP contribution in [0.5, 0.6) is 0 Å². The summed E-state index contributed by atoms with van der Waals surface area (Å²) in [4.78, 5) is 23.4. The largest absolute Gasteiger partial charge is 0.477 e. The third-order valence-electron chi connectivity index (χ3n) is 3.47. The smallest absolute Gasteiger partial charge is 0.341 e. The van der Waals surface area contributed by atoms with E-state index in [1.807, 2.05) is 30.3 Å². The van der Waals surface area contributed by atoms with Gasteiger partial charge in [-0.1, -0.05) is 36.4 Å². The summed E-state index contributed by atoms with van der Waals surface area (Å²) in [5, 5.41) is 9.24. The van der Waals surface area contributed by atoms with Crippen LogP contribution in [0.3, 0.4) is 0 Å². The lowest BCUT2D eigenvalue weighted by molar-refractivity contribution is 0.0695. The fraction of sp³-hybridized carbons (Fsp3) is 0.0588. The summed E-state index contributed by atoms with van der Waals surface area (Å²) in [6.45, 7) is 0.277. The molecule has 4 nitrogen and oxygen atoms in total. The third-order valence-corrected chi connectivity index (χ3v) is 3.47. The maximum Gasteiger partial charge on any atom is 0.341 e. The molecule has 1 N–H and O–H groups in total. The van der Waals surface area contributed by atoms with Crippen LogP contribution in [0.25, 0.3) is 10.9 Å². The van der Waals surface area contributed by atoms with E-state index >= 15 is 0 Å². The maximum atomic E-state index is 14.2. The topological polar surface area (TPSA) is 59.3 Å². The van der Waals surface area contributed by atoms with E-state index in [1.165, 1.54) is 29.0 Å². The third kappa shape index (κ3) is 2.37. The number of hydrogen-bond donors (Lipinski definition) is 1. The summed E-state index contributed by atoms with van der Waals surface area (Å²) >= 11 is 0. The second-order valence-corrected chi connectivity index (χ2v) is 4.93. The molecule has 0 atom stereocenters. The minimum absolute atomic E-state index is 0.0656. The van der Waals surface area contributed by atoms with E-state index in [-0.39, 0.29) is 23.0 Å². The molecule has 1 heterocycles. The summed E-state index contributed by atoms with van der Waals surface area (Å²) in [6, 6.07) is 13.3. The second-order valence-electron chi connectivity index (χ2n) is 4.93. The molecule has 2 aromatic carbocycles. The Morgan fingerprint density at radius 1 is 1.09 bits per heavy atom. The molecule has 0 unspecified atom stereocenters. The number of fused-ring (bicyclic) bond motifs is 1. The summed E-state index contributed by atoms with van der Waals surface area (Å²) in [6.07, 6.45) is 1.20. The molecular formula is C17H12FNO3. The van der Waals surface area contributed by atoms with Gasteiger partial charge in [0.25, 0.3) is 0 Å². The van der Waals surface area contributed by atoms with Crippen molar-refractivity contribution in [3.63, 3.8) is 0 Å². The monoisotopic (exact) mass is 297 g/mol. The molecule has 5 heteroatoms. The van der Waals surface area contributed by atoms with Gasteiger partial charge in [-0.05, 0) is 17.7 Å². The zero-order valence-corrected chi connectivity index (χ0v) is 11.5. The minimum Gasteiger partial charge on any atom is -0.477 e. The predicted molar refractivity (Wildman–Crippen MR) is 80.7 cm³/mol. The molecule has 3 rings (SSSR count). The van der Waals surface area contributed by atoms with E-state index in [0.717, 1.165) is 5.56 Å². The number of nitrogens with zero attached hydrogens (tertiary/aromatic N) is 1. The first-order valence-corrected chi connectivity index (χ1v) is 6.67. The van der Waals surface area contributed by atoms with Gasteiger partial charge in [-0.3, -0.25) is 4.79 Å². The Labute approximate surface area is 125 Å². The molecule has 0 bridgehead atoms. The van der Waals surface area contributed by atoms with Crippen molar-refractivity contribution in [2.75, 3.05) is 0 Å². The molecule has 0 aliphatic heterocycles. The van der Waals surface area contributed by atoms with Gasteiger partial charge >= 0.3 is 5.97 Å². The molecule has 0 aliphatic carbocycles. The molecule has 0 radical (unpaired) electrons. The zero-order chi connectivity index (χ0) is 15.7. The lowest BCUT2D eigenvalue weighted by Gasteiger charge is -2.13. The Morgan fingerprint density at radius 3 is 2.50 bits per heavy atom. The Kier molecular flexibility index (Phi) is 3.47. The van der Waals surface area contributed by atoms with Crippen LogP contribution < -0.4 is 5.43 Å². The lowest BCUT2D eigenvalue weighted by Crippen LogP contribution is -2.19. The van der Waals surface area contributed by atoms with Crippen LogP contribution in [0.2, 0.25) is 0 Å². The van der Waals surface area contributed by atoms with Crippen molar-refractivity contribution in [1.82, 2.24) is 4.57 Å². The molecule has 0 saturated heterocycles. The standard InChI is InChI=1S/C17H12FNO3/c18-14-8-4-7-12-15(14)19(9-11-5-2-1-3-6-11)10-13(16(12)20)17(21)22/h1-8,10H,9H2,(H,21,22). The van der Waals surface area contributed by atoms with Crippen LogP contribution in [0, 0.1) is 5.82 Å². The van der Waals surface area contributed by atoms with Gasteiger partial charge in [-0.15, -0.1) is 0 Å². The van der Waals surface area contributed by atoms with Gasteiger partial charge in [0, 0.05) is 18.1 Å². The van der Waals surface area contributed by atoms with Crippen LogP contribution in [0.4, 0.5) is 4.39 Å². The van der Waals surface area contributed by atoms with Crippen molar-refractivity contribution in [1.29, 1.82) is 0 Å². The number of aromatic carboxylic acids is 1. The van der Waals surface area contributed by atoms with E-state index in [9.17, 15) is 19.1 Å². The average molecular weight is 297 g/mol. The van der Waals surface area contributed by atoms with Crippen LogP contribution in [0.15, 0.2) is 59.5 Å². The Balaban J connectivity index is 2.30. The predicted octanol–water partition coefficient (Wildman–Crippen LogP) is 2.89. The number of benzene rings is 2. The molecule has 0 amide bonds. The van der Waals surface area contributed by atoms with Crippen molar-refractivity contribution >= 4 is 16.9 Å². The van der Waals surface area contributed by atoms with Crippen LogP contribution >= 0.6 is 0 Å². The molecule has 22 heavy (non-hydrogen) atoms. The number of halogens is 1. The van der Waals surface area contributed by atoms with E-state index in [2.05, 4.69) is 0 Å². The number of aromatic nitrogens is 1. The highest BCUT2D eigenvalue weighted by Crippen LogP contribution is 2.17. The Bertz CT molecular complexity index is 916. The molecular weight excluding hydrogens is 285 g/mol. The summed E-state index contributed by atoms with van der Waals surface area (Å²) in [7, 11) is 0. The van der Waals surface area contributed by atoms with E-state index in [1.54, 1.807) is 0 Å². The van der Waals surface area contributed by atoms with E-state index in [4.69, 9.17) is 0 Å². The van der Waals surface area contributed by atoms with Crippen LogP contribution in [0.1, 0.15) is 15.9 Å². The highest BCUT2D eigenvalue weighted by molar-refractivity contribution is 5.92. The molecule has 0 saturated carbocycles. The Hall–Kier alpha value is -2.95. The van der Waals surface area contributed by atoms with Crippen molar-refractivity contribution in [2.45, 2.75) is 6.54 Å². The molecule has 0 aliphatic rings. The van der Waals surface area contributed by atoms with E-state index < -0.39 is 17.2 Å². The first-order chi connectivity index (χ1) is 10.6. The molecule has 3 aromatic rings. The number of hydrogen-bond acceptors (Lipinski definition) is 2. The quantitative estimate of drug-likeness (QED) is 0.808. The van der Waals surface area contributed by atoms with Gasteiger partial charge in [-0.25, -0.2) is 9.18 Å². The van der Waals surface area contributed by atoms with Gasteiger partial charge in [0.15, 0.2) is 0 Å². The van der Waals surface area contributed by atoms with Crippen molar-refractivity contribution in [3.8, 4) is 0 Å². The zero-order valence-electron chi connectivity index (χ0n) is 11.5. The van der Waals surface area contributed by atoms with Crippen molar-refractivity contribution < 1.29 is 14.3 Å². The van der Waals surface area contributed by atoms with Gasteiger partial charge in [-0.2, -0.15) is 0 Å². The number of pyridine rings is 1. The van der Waals surface area contributed by atoms with Gasteiger partial charge in [0.1, 0.15) is 11.4 Å². The number of carbonyl (C=O) groups is 1. The van der Waals surface area contributed by atoms with Gasteiger partial charge in [0.05, 0.1) is 5.52 Å². The molecule has 1 aromatic heterocycles. The van der Waals surface area contributed by atoms with Crippen LogP contribution in [-0.4, -0.2) is 15.6 Å². The van der Waals surface area contributed by atoms with Gasteiger partial charge < -0.3 is 9.67 Å². The van der Waals surface area contributed by atoms with E-state index in [0.29, 0.717) is 0 Å². The fourth-order valence-electron chi connectivity index (χ4n) is 2.47. The van der Waals surface area contributed by atoms with Gasteiger partial charge in [0.2, 0.25) is 5.43 Å². The summed E-state index contributed by atoms with van der Waals surface area (Å²) < 4.78 is 15.6. The maximum absolute atomic E-state index is 14.2. The average Bonchev–Trinajstić information content (AvgIpc) is 2.51. The van der Waals surface area contributed by atoms with Crippen molar-refractivity contribution in [2.24, 2.45) is 0 Å². The number of carboxylic acid groups (broad SMARTS) is 1. The Morgan fingerprint density at radius 2 is 1.82 bits per heavy atom. The first-order valence-electron chi connectivity index (χ1n) is 6.67. The number of rotatable bonds is 3. The highest BCUT2D eigenvalue weighted by atomic mass is 19.1. The number of carboxylic acids is 1. The first kappa shape index (κ1) is 14.0. The number of para-hydroxylation sites is 1. The highest BCUT2D eigenvalue weighted by Gasteiger charge is 2.16. The van der Waals surface area contributed by atoms with Crippen molar-refractivity contribution in [3.05, 3.63) is 81.9 Å². The second kappa shape index (κ2) is 5.44. The normalized spacial score (nSPS) is 10.8.